The minimum Gasteiger partial charge on any atom is -0.495 e. The Labute approximate surface area is 153 Å². The molecule has 0 aliphatic carbocycles. The van der Waals surface area contributed by atoms with Gasteiger partial charge in [0.1, 0.15) is 5.75 Å². The lowest BCUT2D eigenvalue weighted by molar-refractivity contribution is -0.126. The summed E-state index contributed by atoms with van der Waals surface area (Å²) >= 11 is 0. The highest BCUT2D eigenvalue weighted by molar-refractivity contribution is 6.02. The van der Waals surface area contributed by atoms with E-state index >= 15 is 0 Å². The molecule has 1 aliphatic rings. The number of anilines is 1. The number of benzene rings is 2. The number of para-hydroxylation sites is 1. The summed E-state index contributed by atoms with van der Waals surface area (Å²) in [6, 6.07) is 10.8. The number of fused-ring (bicyclic) bond motifs is 2. The maximum Gasteiger partial charge on any atom is 0.323 e. The van der Waals surface area contributed by atoms with Gasteiger partial charge in [-0.1, -0.05) is 18.2 Å². The predicted octanol–water partition coefficient (Wildman–Crippen LogP) is 1.61. The Morgan fingerprint density at radius 2 is 2.00 bits per heavy atom. The van der Waals surface area contributed by atoms with Crippen molar-refractivity contribution in [2.75, 3.05) is 12.4 Å². The minimum absolute atomic E-state index is 0.0795. The van der Waals surface area contributed by atoms with Gasteiger partial charge in [0.05, 0.1) is 29.7 Å². The van der Waals surface area contributed by atoms with Gasteiger partial charge in [0.2, 0.25) is 11.8 Å². The van der Waals surface area contributed by atoms with Gasteiger partial charge in [-0.2, -0.15) is 0 Å². The van der Waals surface area contributed by atoms with Gasteiger partial charge >= 0.3 is 5.69 Å². The molecule has 4 N–H and O–H groups in total. The summed E-state index contributed by atoms with van der Waals surface area (Å²) in [5.74, 6) is -0.514. The highest BCUT2D eigenvalue weighted by atomic mass is 16.5. The van der Waals surface area contributed by atoms with Crippen LogP contribution >= 0.6 is 0 Å². The van der Waals surface area contributed by atoms with E-state index in [1.165, 1.54) is 7.11 Å². The third-order valence-electron chi connectivity index (χ3n) is 4.67. The molecule has 0 spiro atoms. The number of aromatic amines is 2. The van der Waals surface area contributed by atoms with Crippen LogP contribution in [0.3, 0.4) is 0 Å². The highest BCUT2D eigenvalue weighted by Crippen LogP contribution is 2.38. The molecular formula is C19H18N4O4. The molecule has 2 amide bonds. The lowest BCUT2D eigenvalue weighted by Gasteiger charge is -2.26. The van der Waals surface area contributed by atoms with Crippen molar-refractivity contribution in [3.8, 4) is 5.75 Å². The fourth-order valence-corrected chi connectivity index (χ4v) is 3.36. The number of ether oxygens (including phenoxy) is 1. The van der Waals surface area contributed by atoms with Crippen molar-refractivity contribution in [2.24, 2.45) is 0 Å². The zero-order valence-electron chi connectivity index (χ0n) is 14.6. The van der Waals surface area contributed by atoms with Crippen molar-refractivity contribution in [1.82, 2.24) is 15.3 Å². The summed E-state index contributed by atoms with van der Waals surface area (Å²) < 4.78 is 5.28. The lowest BCUT2D eigenvalue weighted by atomic mass is 9.89. The molecule has 1 atom stereocenters. The molecule has 2 aromatic carbocycles. The van der Waals surface area contributed by atoms with Gasteiger partial charge < -0.3 is 25.3 Å². The van der Waals surface area contributed by atoms with Crippen LogP contribution in [-0.2, 0) is 16.1 Å². The fourth-order valence-electron chi connectivity index (χ4n) is 3.36. The summed E-state index contributed by atoms with van der Waals surface area (Å²) in [6.45, 7) is 0.291. The van der Waals surface area contributed by atoms with Crippen molar-refractivity contribution in [3.63, 3.8) is 0 Å². The van der Waals surface area contributed by atoms with Crippen molar-refractivity contribution < 1.29 is 14.3 Å². The Kier molecular flexibility index (Phi) is 4.15. The van der Waals surface area contributed by atoms with Crippen molar-refractivity contribution >= 4 is 28.5 Å². The van der Waals surface area contributed by atoms with Crippen LogP contribution in [0.2, 0.25) is 0 Å². The normalized spacial score (nSPS) is 15.9. The summed E-state index contributed by atoms with van der Waals surface area (Å²) in [6.07, 6.45) is 0.0795. The molecule has 8 nitrogen and oxygen atoms in total. The molecule has 1 aliphatic heterocycles. The maximum atomic E-state index is 12.8. The SMILES string of the molecule is COc1cccc2c1NC(=O)CC2C(=O)NCc1ccc2[nH]c(=O)[nH]c2c1. The number of methoxy groups -OCH3 is 1. The van der Waals surface area contributed by atoms with Crippen LogP contribution in [0.25, 0.3) is 11.0 Å². The zero-order chi connectivity index (χ0) is 19.0. The Balaban J connectivity index is 1.54. The van der Waals surface area contributed by atoms with E-state index in [1.807, 2.05) is 12.1 Å². The van der Waals surface area contributed by atoms with Gasteiger partial charge in [0.25, 0.3) is 0 Å². The number of carbonyl (C=O) groups is 2. The number of carbonyl (C=O) groups excluding carboxylic acids is 2. The average Bonchev–Trinajstić information content (AvgIpc) is 3.04. The minimum atomic E-state index is -0.584. The molecule has 1 unspecified atom stereocenters. The molecule has 0 radical (unpaired) electrons. The number of aromatic nitrogens is 2. The predicted molar refractivity (Wildman–Crippen MR) is 99.7 cm³/mol. The van der Waals surface area contributed by atoms with Gasteiger partial charge in [-0.15, -0.1) is 0 Å². The number of hydrogen-bond donors (Lipinski definition) is 4. The van der Waals surface area contributed by atoms with Crippen LogP contribution < -0.4 is 21.1 Å². The van der Waals surface area contributed by atoms with E-state index < -0.39 is 5.92 Å². The van der Waals surface area contributed by atoms with Gasteiger partial charge in [-0.25, -0.2) is 4.79 Å². The van der Waals surface area contributed by atoms with Crippen LogP contribution in [0, 0.1) is 0 Å². The van der Waals surface area contributed by atoms with Crippen LogP contribution in [0.1, 0.15) is 23.5 Å². The largest absolute Gasteiger partial charge is 0.495 e. The van der Waals surface area contributed by atoms with Gasteiger partial charge in [-0.05, 0) is 29.3 Å². The topological polar surface area (TPSA) is 116 Å². The van der Waals surface area contributed by atoms with Crippen LogP contribution in [0.5, 0.6) is 5.75 Å². The second-order valence-electron chi connectivity index (χ2n) is 6.41. The Morgan fingerprint density at radius 3 is 2.81 bits per heavy atom. The molecule has 0 fully saturated rings. The third-order valence-corrected chi connectivity index (χ3v) is 4.67. The molecule has 0 saturated carbocycles. The van der Waals surface area contributed by atoms with E-state index in [4.69, 9.17) is 4.74 Å². The Bertz CT molecular complexity index is 1100. The summed E-state index contributed by atoms with van der Waals surface area (Å²) in [7, 11) is 1.52. The van der Waals surface area contributed by atoms with E-state index in [2.05, 4.69) is 20.6 Å². The molecule has 8 heteroatoms. The lowest BCUT2D eigenvalue weighted by Crippen LogP contribution is -2.34. The number of rotatable bonds is 4. The molecule has 3 aromatic rings. The molecule has 0 saturated heterocycles. The van der Waals surface area contributed by atoms with E-state index in [1.54, 1.807) is 24.3 Å². The molecule has 27 heavy (non-hydrogen) atoms. The first-order valence-corrected chi connectivity index (χ1v) is 8.50. The fraction of sp³-hybridized carbons (Fsp3) is 0.211. The van der Waals surface area contributed by atoms with Gasteiger partial charge in [0, 0.05) is 13.0 Å². The second-order valence-corrected chi connectivity index (χ2v) is 6.41. The highest BCUT2D eigenvalue weighted by Gasteiger charge is 2.32. The first-order chi connectivity index (χ1) is 13.0. The summed E-state index contributed by atoms with van der Waals surface area (Å²) in [5.41, 5.74) is 3.24. The van der Waals surface area contributed by atoms with E-state index in [0.29, 0.717) is 29.0 Å². The van der Waals surface area contributed by atoms with Crippen molar-refractivity contribution in [1.29, 1.82) is 0 Å². The third kappa shape index (κ3) is 3.17. The standard InChI is InChI=1S/C19H18N4O4/c1-27-15-4-2-3-11-12(8-16(24)23-17(11)15)18(25)20-9-10-5-6-13-14(7-10)22-19(26)21-13/h2-7,12H,8-9H2,1H3,(H,20,25)(H,23,24)(H2,21,22,26). The molecule has 2 heterocycles. The van der Waals surface area contributed by atoms with Crippen molar-refractivity contribution in [2.45, 2.75) is 18.9 Å². The van der Waals surface area contributed by atoms with Crippen molar-refractivity contribution in [3.05, 3.63) is 58.0 Å². The van der Waals surface area contributed by atoms with Crippen LogP contribution in [0.4, 0.5) is 5.69 Å². The smallest absolute Gasteiger partial charge is 0.323 e. The van der Waals surface area contributed by atoms with Crippen LogP contribution in [-0.4, -0.2) is 28.9 Å². The van der Waals surface area contributed by atoms with E-state index in [9.17, 15) is 14.4 Å². The summed E-state index contributed by atoms with van der Waals surface area (Å²) in [5, 5.41) is 5.66. The zero-order valence-corrected chi connectivity index (χ0v) is 14.6. The van der Waals surface area contributed by atoms with E-state index in [-0.39, 0.29) is 23.9 Å². The Morgan fingerprint density at radius 1 is 1.19 bits per heavy atom. The number of amides is 2. The molecule has 4 rings (SSSR count). The first kappa shape index (κ1) is 16.9. The summed E-state index contributed by atoms with van der Waals surface area (Å²) in [4.78, 5) is 41.5. The quantitative estimate of drug-likeness (QED) is 0.561. The second kappa shape index (κ2) is 6.64. The monoisotopic (exact) mass is 366 g/mol. The number of nitrogens with one attached hydrogen (secondary N) is 4. The Hall–Kier alpha value is -3.55. The molecular weight excluding hydrogens is 348 g/mol. The maximum absolute atomic E-state index is 12.8. The van der Waals surface area contributed by atoms with Gasteiger partial charge in [0.15, 0.2) is 0 Å². The van der Waals surface area contributed by atoms with E-state index in [0.717, 1.165) is 11.1 Å². The molecule has 0 bridgehead atoms. The number of imidazole rings is 1. The first-order valence-electron chi connectivity index (χ1n) is 8.50. The average molecular weight is 366 g/mol. The number of H-pyrrole nitrogens is 2. The molecule has 138 valence electrons. The molecule has 1 aromatic heterocycles. The van der Waals surface area contributed by atoms with Crippen LogP contribution in [0.15, 0.2) is 41.2 Å². The van der Waals surface area contributed by atoms with Gasteiger partial charge in [-0.3, -0.25) is 9.59 Å². The number of hydrogen-bond acceptors (Lipinski definition) is 4.